The second kappa shape index (κ2) is 8.30. The van der Waals surface area contributed by atoms with Gasteiger partial charge in [0, 0.05) is 31.4 Å². The van der Waals surface area contributed by atoms with Gasteiger partial charge in [0.1, 0.15) is 5.82 Å². The summed E-state index contributed by atoms with van der Waals surface area (Å²) < 4.78 is 0. The molecule has 0 aliphatic carbocycles. The van der Waals surface area contributed by atoms with Crippen LogP contribution in [0.5, 0.6) is 0 Å². The predicted octanol–water partition coefficient (Wildman–Crippen LogP) is 5.31. The van der Waals surface area contributed by atoms with E-state index in [-0.39, 0.29) is 0 Å². The third-order valence-electron chi connectivity index (χ3n) is 4.75. The van der Waals surface area contributed by atoms with E-state index in [1.807, 2.05) is 6.07 Å². The van der Waals surface area contributed by atoms with Crippen LogP contribution < -0.4 is 4.90 Å². The standard InChI is InChI=1S/C20H24Cl2N4/c1-4-26(5-2)11-10-25(3)15-8-6-14(7-9-15)20-23-18-12-16(21)17(22)13-19(18)24-20/h6-9,12-13H,4-5,10-11H2,1-3H3,(H,23,24). The molecule has 0 bridgehead atoms. The molecule has 4 nitrogen and oxygen atoms in total. The summed E-state index contributed by atoms with van der Waals surface area (Å²) in [6, 6.07) is 12.0. The Labute approximate surface area is 164 Å². The van der Waals surface area contributed by atoms with Gasteiger partial charge in [-0.2, -0.15) is 0 Å². The zero-order valence-electron chi connectivity index (χ0n) is 15.4. The van der Waals surface area contributed by atoms with E-state index in [2.05, 4.69) is 64.9 Å². The van der Waals surface area contributed by atoms with E-state index in [1.54, 1.807) is 6.07 Å². The van der Waals surface area contributed by atoms with Crippen molar-refractivity contribution in [1.82, 2.24) is 14.9 Å². The van der Waals surface area contributed by atoms with Gasteiger partial charge < -0.3 is 14.8 Å². The number of rotatable bonds is 7. The molecular weight excluding hydrogens is 367 g/mol. The van der Waals surface area contributed by atoms with E-state index in [9.17, 15) is 0 Å². The van der Waals surface area contributed by atoms with Gasteiger partial charge in [-0.15, -0.1) is 0 Å². The van der Waals surface area contributed by atoms with Gasteiger partial charge in [0.2, 0.25) is 0 Å². The highest BCUT2D eigenvalue weighted by atomic mass is 35.5. The minimum atomic E-state index is 0.516. The number of halogens is 2. The molecule has 0 aliphatic rings. The fourth-order valence-electron chi connectivity index (χ4n) is 2.98. The summed E-state index contributed by atoms with van der Waals surface area (Å²) in [6.45, 7) is 8.64. The van der Waals surface area contributed by atoms with Crippen LogP contribution in [0.1, 0.15) is 13.8 Å². The van der Waals surface area contributed by atoms with Crippen molar-refractivity contribution in [3.05, 3.63) is 46.4 Å². The maximum atomic E-state index is 6.08. The summed E-state index contributed by atoms with van der Waals surface area (Å²) in [7, 11) is 2.13. The van der Waals surface area contributed by atoms with Crippen LogP contribution in [-0.4, -0.2) is 48.1 Å². The Bertz CT molecular complexity index is 830. The van der Waals surface area contributed by atoms with Crippen molar-refractivity contribution in [1.29, 1.82) is 0 Å². The highest BCUT2D eigenvalue weighted by molar-refractivity contribution is 6.42. The molecular formula is C20H24Cl2N4. The Morgan fingerprint density at radius 3 is 2.27 bits per heavy atom. The van der Waals surface area contributed by atoms with Gasteiger partial charge in [0.05, 0.1) is 21.1 Å². The third-order valence-corrected chi connectivity index (χ3v) is 5.47. The highest BCUT2D eigenvalue weighted by Crippen LogP contribution is 2.29. The summed E-state index contributed by atoms with van der Waals surface area (Å²) in [5.74, 6) is 0.815. The molecule has 0 amide bonds. The Balaban J connectivity index is 1.75. The van der Waals surface area contributed by atoms with Crippen molar-refractivity contribution in [2.24, 2.45) is 0 Å². The molecule has 3 rings (SSSR count). The number of likely N-dealkylation sites (N-methyl/N-ethyl adjacent to an activating group) is 2. The summed E-state index contributed by atoms with van der Waals surface area (Å²) >= 11 is 12.2. The van der Waals surface area contributed by atoms with E-state index >= 15 is 0 Å². The van der Waals surface area contributed by atoms with E-state index in [0.29, 0.717) is 10.0 Å². The summed E-state index contributed by atoms with van der Waals surface area (Å²) in [6.07, 6.45) is 0. The highest BCUT2D eigenvalue weighted by Gasteiger charge is 2.09. The lowest BCUT2D eigenvalue weighted by atomic mass is 10.2. The normalized spacial score (nSPS) is 11.5. The van der Waals surface area contributed by atoms with Crippen LogP contribution in [0.15, 0.2) is 36.4 Å². The molecule has 0 unspecified atom stereocenters. The SMILES string of the molecule is CCN(CC)CCN(C)c1ccc(-c2nc3cc(Cl)c(Cl)cc3[nH]2)cc1. The topological polar surface area (TPSA) is 35.2 Å². The number of H-pyrrole nitrogens is 1. The van der Waals surface area contributed by atoms with Gasteiger partial charge in [-0.25, -0.2) is 4.98 Å². The molecule has 0 aliphatic heterocycles. The molecule has 1 heterocycles. The van der Waals surface area contributed by atoms with Crippen LogP contribution in [0.2, 0.25) is 10.0 Å². The Morgan fingerprint density at radius 2 is 1.62 bits per heavy atom. The fourth-order valence-corrected chi connectivity index (χ4v) is 3.30. The zero-order valence-corrected chi connectivity index (χ0v) is 16.9. The molecule has 0 spiro atoms. The quantitative estimate of drug-likeness (QED) is 0.593. The summed E-state index contributed by atoms with van der Waals surface area (Å²) in [4.78, 5) is 12.6. The Morgan fingerprint density at radius 1 is 0.962 bits per heavy atom. The van der Waals surface area contributed by atoms with Crippen LogP contribution >= 0.6 is 23.2 Å². The van der Waals surface area contributed by atoms with E-state index in [1.165, 1.54) is 5.69 Å². The minimum absolute atomic E-state index is 0.516. The molecule has 3 aromatic rings. The molecule has 138 valence electrons. The maximum Gasteiger partial charge on any atom is 0.138 e. The average molecular weight is 391 g/mol. The monoisotopic (exact) mass is 390 g/mol. The lowest BCUT2D eigenvalue weighted by molar-refractivity contribution is 0.311. The second-order valence-electron chi connectivity index (χ2n) is 6.36. The molecule has 0 fully saturated rings. The summed E-state index contributed by atoms with van der Waals surface area (Å²) in [5, 5.41) is 1.04. The Kier molecular flexibility index (Phi) is 6.07. The first-order chi connectivity index (χ1) is 12.5. The van der Waals surface area contributed by atoms with Crippen molar-refractivity contribution in [3.8, 4) is 11.4 Å². The number of nitrogens with zero attached hydrogens (tertiary/aromatic N) is 3. The van der Waals surface area contributed by atoms with Gasteiger partial charge in [0.15, 0.2) is 0 Å². The number of fused-ring (bicyclic) bond motifs is 1. The van der Waals surface area contributed by atoms with Crippen LogP contribution in [0, 0.1) is 0 Å². The van der Waals surface area contributed by atoms with Crippen molar-refractivity contribution >= 4 is 39.9 Å². The number of aromatic amines is 1. The number of imidazole rings is 1. The van der Waals surface area contributed by atoms with Gasteiger partial charge >= 0.3 is 0 Å². The summed E-state index contributed by atoms with van der Waals surface area (Å²) in [5.41, 5.74) is 3.93. The second-order valence-corrected chi connectivity index (χ2v) is 7.18. The van der Waals surface area contributed by atoms with Crippen LogP contribution in [0.25, 0.3) is 22.4 Å². The van der Waals surface area contributed by atoms with E-state index in [4.69, 9.17) is 23.2 Å². The van der Waals surface area contributed by atoms with Crippen molar-refractivity contribution in [3.63, 3.8) is 0 Å². The minimum Gasteiger partial charge on any atom is -0.373 e. The van der Waals surface area contributed by atoms with Gasteiger partial charge in [-0.1, -0.05) is 37.0 Å². The first kappa shape index (κ1) is 19.0. The number of hydrogen-bond acceptors (Lipinski definition) is 3. The van der Waals surface area contributed by atoms with Crippen LogP contribution in [-0.2, 0) is 0 Å². The number of anilines is 1. The lowest BCUT2D eigenvalue weighted by Gasteiger charge is -2.24. The number of nitrogens with one attached hydrogen (secondary N) is 1. The predicted molar refractivity (Wildman–Crippen MR) is 113 cm³/mol. The molecule has 2 aromatic carbocycles. The van der Waals surface area contributed by atoms with Crippen LogP contribution in [0.4, 0.5) is 5.69 Å². The van der Waals surface area contributed by atoms with E-state index < -0.39 is 0 Å². The van der Waals surface area contributed by atoms with Gasteiger partial charge in [-0.3, -0.25) is 0 Å². The first-order valence-corrected chi connectivity index (χ1v) is 9.66. The number of aromatic nitrogens is 2. The van der Waals surface area contributed by atoms with Crippen molar-refractivity contribution in [2.75, 3.05) is 38.1 Å². The molecule has 1 aromatic heterocycles. The van der Waals surface area contributed by atoms with Crippen LogP contribution in [0.3, 0.4) is 0 Å². The number of benzene rings is 2. The fraction of sp³-hybridized carbons (Fsp3) is 0.350. The molecule has 0 saturated heterocycles. The molecule has 0 saturated carbocycles. The van der Waals surface area contributed by atoms with Crippen molar-refractivity contribution in [2.45, 2.75) is 13.8 Å². The van der Waals surface area contributed by atoms with Gasteiger partial charge in [-0.05, 0) is 49.5 Å². The molecule has 6 heteroatoms. The molecule has 0 atom stereocenters. The number of hydrogen-bond donors (Lipinski definition) is 1. The molecule has 0 radical (unpaired) electrons. The van der Waals surface area contributed by atoms with Gasteiger partial charge in [0.25, 0.3) is 0 Å². The zero-order chi connectivity index (χ0) is 18.7. The Hall–Kier alpha value is -1.75. The first-order valence-electron chi connectivity index (χ1n) is 8.90. The molecule has 1 N–H and O–H groups in total. The average Bonchev–Trinajstić information content (AvgIpc) is 3.05. The third kappa shape index (κ3) is 4.14. The largest absolute Gasteiger partial charge is 0.373 e. The molecule has 26 heavy (non-hydrogen) atoms. The lowest BCUT2D eigenvalue weighted by Crippen LogP contribution is -2.33. The smallest absolute Gasteiger partial charge is 0.138 e. The van der Waals surface area contributed by atoms with E-state index in [0.717, 1.165) is 48.6 Å². The van der Waals surface area contributed by atoms with Crippen molar-refractivity contribution < 1.29 is 0 Å². The maximum absolute atomic E-state index is 6.08.